The molecule has 0 atom stereocenters. The predicted octanol–water partition coefficient (Wildman–Crippen LogP) is 2.67. The molecule has 1 saturated carbocycles. The van der Waals surface area contributed by atoms with E-state index in [0.717, 1.165) is 63.0 Å². The van der Waals surface area contributed by atoms with Crippen LogP contribution in [0.2, 0.25) is 0 Å². The molecule has 1 aliphatic carbocycles. The van der Waals surface area contributed by atoms with Gasteiger partial charge >= 0.3 is 0 Å². The highest BCUT2D eigenvalue weighted by atomic mass is 16.5. The van der Waals surface area contributed by atoms with E-state index in [2.05, 4.69) is 60.8 Å². The fourth-order valence-electron chi connectivity index (χ4n) is 5.31. The Morgan fingerprint density at radius 3 is 2.77 bits per heavy atom. The summed E-state index contributed by atoms with van der Waals surface area (Å²) in [5.41, 5.74) is 2.81. The van der Waals surface area contributed by atoms with Crippen LogP contribution in [0.5, 0.6) is 5.75 Å². The number of aromatic nitrogens is 2. The zero-order valence-electron chi connectivity index (χ0n) is 18.2. The third-order valence-corrected chi connectivity index (χ3v) is 6.82. The number of ether oxygens (including phenoxy) is 1. The number of hydrogen-bond donors (Lipinski definition) is 0. The molecule has 2 aliphatic heterocycles. The Balaban J connectivity index is 1.34. The van der Waals surface area contributed by atoms with Crippen LogP contribution in [-0.2, 0) is 6.54 Å². The molecule has 5 rings (SSSR count). The summed E-state index contributed by atoms with van der Waals surface area (Å²) in [6.07, 6.45) is 7.56. The summed E-state index contributed by atoms with van der Waals surface area (Å²) in [7, 11) is 3.87. The van der Waals surface area contributed by atoms with Crippen LogP contribution in [0, 0.1) is 11.3 Å². The van der Waals surface area contributed by atoms with E-state index in [0.29, 0.717) is 11.3 Å². The van der Waals surface area contributed by atoms with E-state index in [-0.39, 0.29) is 0 Å². The second-order valence-electron chi connectivity index (χ2n) is 9.01. The molecule has 1 aromatic heterocycles. The van der Waals surface area contributed by atoms with Crippen LogP contribution in [0.25, 0.3) is 0 Å². The molecule has 1 spiro atoms. The van der Waals surface area contributed by atoms with E-state index in [1.165, 1.54) is 11.3 Å². The average Bonchev–Trinajstić information content (AvgIpc) is 2.89. The summed E-state index contributed by atoms with van der Waals surface area (Å²) in [5, 5.41) is 8.50. The lowest BCUT2D eigenvalue weighted by atomic mass is 9.57. The lowest BCUT2D eigenvalue weighted by Gasteiger charge is -2.59. The molecule has 0 N–H and O–H groups in total. The van der Waals surface area contributed by atoms with Gasteiger partial charge in [-0.05, 0) is 43.7 Å². The minimum Gasteiger partial charge on any atom is -0.497 e. The van der Waals surface area contributed by atoms with Crippen molar-refractivity contribution < 1.29 is 4.74 Å². The Labute approximate surface area is 183 Å². The highest BCUT2D eigenvalue weighted by Crippen LogP contribution is 2.53. The van der Waals surface area contributed by atoms with Crippen LogP contribution < -0.4 is 14.5 Å². The monoisotopic (exact) mass is 419 g/mol. The van der Waals surface area contributed by atoms with Gasteiger partial charge in [0.1, 0.15) is 17.4 Å². The molecule has 0 radical (unpaired) electrons. The van der Waals surface area contributed by atoms with Gasteiger partial charge in [0.05, 0.1) is 13.3 Å². The number of amidine groups is 1. The normalized spacial score (nSPS) is 21.2. The van der Waals surface area contributed by atoms with Gasteiger partial charge < -0.3 is 19.4 Å². The Kier molecular flexibility index (Phi) is 5.09. The van der Waals surface area contributed by atoms with Gasteiger partial charge in [-0.3, -0.25) is 4.98 Å². The van der Waals surface area contributed by atoms with Crippen molar-refractivity contribution in [3.8, 4) is 5.75 Å². The fourth-order valence-corrected chi connectivity index (χ4v) is 5.31. The third-order valence-electron chi connectivity index (χ3n) is 6.82. The zero-order valence-corrected chi connectivity index (χ0v) is 18.2. The smallest absolute Gasteiger partial charge is 0.147 e. The van der Waals surface area contributed by atoms with E-state index >= 15 is 0 Å². The first-order valence-electron chi connectivity index (χ1n) is 10.8. The van der Waals surface area contributed by atoms with Gasteiger partial charge in [-0.2, -0.15) is 5.10 Å². The van der Waals surface area contributed by atoms with Crippen LogP contribution in [0.15, 0.2) is 47.0 Å². The van der Waals surface area contributed by atoms with Gasteiger partial charge in [-0.15, -0.1) is 5.10 Å². The molecular weight excluding hydrogens is 390 g/mol. The molecule has 162 valence electrons. The molecular formula is C23H29N7O. The molecule has 0 bridgehead atoms. The number of anilines is 2. The number of methoxy groups -OCH3 is 1. The average molecular weight is 420 g/mol. The van der Waals surface area contributed by atoms with Gasteiger partial charge in [0.15, 0.2) is 0 Å². The van der Waals surface area contributed by atoms with Crippen molar-refractivity contribution in [3.05, 3.63) is 42.4 Å². The van der Waals surface area contributed by atoms with Crippen molar-refractivity contribution in [2.75, 3.05) is 50.1 Å². The predicted molar refractivity (Wildman–Crippen MR) is 123 cm³/mol. The van der Waals surface area contributed by atoms with E-state index in [4.69, 9.17) is 4.74 Å². The number of rotatable bonds is 4. The van der Waals surface area contributed by atoms with Crippen LogP contribution in [0.4, 0.5) is 11.5 Å². The van der Waals surface area contributed by atoms with Crippen molar-refractivity contribution >= 4 is 24.1 Å². The second-order valence-corrected chi connectivity index (χ2v) is 9.01. The highest BCUT2D eigenvalue weighted by molar-refractivity contribution is 6.01. The molecule has 1 saturated heterocycles. The topological polar surface area (TPSA) is 69.5 Å². The number of likely N-dealkylation sites (N-methyl/N-ethyl adjacent to an activating group) is 1. The van der Waals surface area contributed by atoms with Crippen LogP contribution >= 0.6 is 0 Å². The molecule has 3 aliphatic rings. The van der Waals surface area contributed by atoms with Gasteiger partial charge in [0.25, 0.3) is 0 Å². The molecule has 8 heteroatoms. The minimum atomic E-state index is 0.357. The Morgan fingerprint density at radius 2 is 2.06 bits per heavy atom. The lowest BCUT2D eigenvalue weighted by molar-refractivity contribution is 0.0559. The van der Waals surface area contributed by atoms with Gasteiger partial charge in [0, 0.05) is 68.9 Å². The number of benzene rings is 1. The van der Waals surface area contributed by atoms with E-state index in [1.54, 1.807) is 19.5 Å². The van der Waals surface area contributed by atoms with Crippen molar-refractivity contribution in [1.82, 2.24) is 14.9 Å². The Hall–Kier alpha value is -3.00. The summed E-state index contributed by atoms with van der Waals surface area (Å²) >= 11 is 0. The molecule has 0 amide bonds. The van der Waals surface area contributed by atoms with E-state index < -0.39 is 0 Å². The Morgan fingerprint density at radius 1 is 1.23 bits per heavy atom. The standard InChI is InChI=1S/C23H29N7O/c1-24-27-22(18-11-23(12-18)15-29(16-23)21-13-25-6-7-26-21)30-9-8-28(2)14-17-10-19(31-3)4-5-20(17)30/h4-7,10,13,18H,1,8-9,11-12,14-16H2,2-3H3/b27-22-. The molecule has 31 heavy (non-hydrogen) atoms. The van der Waals surface area contributed by atoms with Gasteiger partial charge in [-0.25, -0.2) is 4.98 Å². The number of hydrogen-bond acceptors (Lipinski definition) is 7. The Bertz CT molecular complexity index is 979. The quantitative estimate of drug-likeness (QED) is 0.431. The first-order chi connectivity index (χ1) is 15.1. The maximum absolute atomic E-state index is 5.47. The highest BCUT2D eigenvalue weighted by Gasteiger charge is 2.55. The van der Waals surface area contributed by atoms with Crippen molar-refractivity contribution in [2.24, 2.45) is 21.5 Å². The van der Waals surface area contributed by atoms with Gasteiger partial charge in [0.2, 0.25) is 0 Å². The first kappa shape index (κ1) is 19.9. The number of fused-ring (bicyclic) bond motifs is 1. The molecule has 1 aromatic carbocycles. The molecule has 0 unspecified atom stereocenters. The van der Waals surface area contributed by atoms with Crippen LogP contribution in [0.3, 0.4) is 0 Å². The maximum Gasteiger partial charge on any atom is 0.147 e. The van der Waals surface area contributed by atoms with E-state index in [9.17, 15) is 0 Å². The van der Waals surface area contributed by atoms with Crippen LogP contribution in [0.1, 0.15) is 18.4 Å². The first-order valence-corrected chi connectivity index (χ1v) is 10.8. The summed E-state index contributed by atoms with van der Waals surface area (Å²) < 4.78 is 5.47. The summed E-state index contributed by atoms with van der Waals surface area (Å²) in [6, 6.07) is 6.32. The largest absolute Gasteiger partial charge is 0.497 e. The SMILES string of the molecule is C=N/N=C(/C1CC2(C1)CN(c1cnccn1)C2)N1CCN(C)Cc2cc(OC)ccc21. The minimum absolute atomic E-state index is 0.357. The van der Waals surface area contributed by atoms with E-state index in [1.807, 2.05) is 12.3 Å². The maximum atomic E-state index is 5.47. The second kappa shape index (κ2) is 7.92. The molecule has 8 nitrogen and oxygen atoms in total. The van der Waals surface area contributed by atoms with Crippen molar-refractivity contribution in [3.63, 3.8) is 0 Å². The summed E-state index contributed by atoms with van der Waals surface area (Å²) in [5.74, 6) is 3.29. The van der Waals surface area contributed by atoms with Crippen molar-refractivity contribution in [2.45, 2.75) is 19.4 Å². The van der Waals surface area contributed by atoms with Crippen LogP contribution in [-0.4, -0.2) is 67.8 Å². The lowest BCUT2D eigenvalue weighted by Crippen LogP contribution is -2.64. The zero-order chi connectivity index (χ0) is 21.4. The van der Waals surface area contributed by atoms with Gasteiger partial charge in [-0.1, -0.05) is 0 Å². The molecule has 2 fully saturated rings. The van der Waals surface area contributed by atoms with Crippen molar-refractivity contribution in [1.29, 1.82) is 0 Å². The summed E-state index contributed by atoms with van der Waals surface area (Å²) in [4.78, 5) is 15.6. The third kappa shape index (κ3) is 3.65. The summed E-state index contributed by atoms with van der Waals surface area (Å²) in [6.45, 7) is 8.47. The fraction of sp³-hybridized carbons (Fsp3) is 0.478. The molecule has 3 heterocycles. The number of nitrogens with zero attached hydrogens (tertiary/aromatic N) is 7. The molecule has 2 aromatic rings.